The van der Waals surface area contributed by atoms with E-state index in [1.54, 1.807) is 11.8 Å². The Bertz CT molecular complexity index is 2150. The molecule has 5 nitrogen and oxygen atoms in total. The standard InChI is InChI=1S/C36H26N2O3S/c1-40-36(39)41-35-31(42-2)19-28(27-17-18-30-29(34(27)35)20-38(37-30)24-9-4-3-5-10-24)25-15-13-23-12-11-21-7-6-8-22-14-16-26(25)33(23)32(21)22/h3-16,19-20H,17-18H2,1-2H3. The van der Waals surface area contributed by atoms with E-state index in [1.807, 2.05) is 41.3 Å². The van der Waals surface area contributed by atoms with Gasteiger partial charge in [0.2, 0.25) is 0 Å². The van der Waals surface area contributed by atoms with E-state index in [2.05, 4.69) is 66.9 Å². The molecule has 1 aromatic heterocycles. The van der Waals surface area contributed by atoms with Crippen molar-refractivity contribution >= 4 is 50.2 Å². The lowest BCUT2D eigenvalue weighted by Crippen LogP contribution is -2.13. The fraction of sp³-hybridized carbons (Fsp3) is 0.111. The number of carbonyl (C=O) groups is 1. The topological polar surface area (TPSA) is 53.4 Å². The minimum absolute atomic E-state index is 0.527. The van der Waals surface area contributed by atoms with E-state index in [4.69, 9.17) is 14.6 Å². The highest BCUT2D eigenvalue weighted by Crippen LogP contribution is 2.50. The molecule has 7 aromatic rings. The molecule has 0 atom stereocenters. The van der Waals surface area contributed by atoms with E-state index >= 15 is 0 Å². The minimum atomic E-state index is -0.731. The van der Waals surface area contributed by atoms with Gasteiger partial charge in [-0.2, -0.15) is 5.10 Å². The van der Waals surface area contributed by atoms with Gasteiger partial charge in [-0.15, -0.1) is 11.8 Å². The van der Waals surface area contributed by atoms with E-state index in [1.165, 1.54) is 45.0 Å². The number of nitrogens with zero attached hydrogens (tertiary/aromatic N) is 2. The average molecular weight is 567 g/mol. The Morgan fingerprint density at radius 1 is 0.810 bits per heavy atom. The summed E-state index contributed by atoms with van der Waals surface area (Å²) in [6, 6.07) is 32.2. The van der Waals surface area contributed by atoms with Crippen LogP contribution >= 0.6 is 11.8 Å². The molecule has 0 unspecified atom stereocenters. The van der Waals surface area contributed by atoms with Crippen LogP contribution in [0.3, 0.4) is 0 Å². The van der Waals surface area contributed by atoms with Crippen molar-refractivity contribution in [3.8, 4) is 33.7 Å². The summed E-state index contributed by atoms with van der Waals surface area (Å²) in [5.41, 5.74) is 7.35. The van der Waals surface area contributed by atoms with Crippen molar-refractivity contribution in [2.75, 3.05) is 13.4 Å². The van der Waals surface area contributed by atoms with Gasteiger partial charge in [0.05, 0.1) is 23.4 Å². The second-order valence-corrected chi connectivity index (χ2v) is 11.5. The van der Waals surface area contributed by atoms with Crippen LogP contribution in [0.4, 0.5) is 4.79 Å². The number of hydrogen-bond donors (Lipinski definition) is 0. The second-order valence-electron chi connectivity index (χ2n) is 10.6. The molecule has 8 rings (SSSR count). The first-order valence-electron chi connectivity index (χ1n) is 14.0. The maximum Gasteiger partial charge on any atom is 0.513 e. The van der Waals surface area contributed by atoms with Crippen LogP contribution in [0.5, 0.6) is 5.75 Å². The molecule has 0 fully saturated rings. The summed E-state index contributed by atoms with van der Waals surface area (Å²) in [6.45, 7) is 0. The van der Waals surface area contributed by atoms with Gasteiger partial charge < -0.3 is 9.47 Å². The highest BCUT2D eigenvalue weighted by atomic mass is 32.2. The van der Waals surface area contributed by atoms with Crippen LogP contribution < -0.4 is 4.74 Å². The average Bonchev–Trinajstić information content (AvgIpc) is 3.49. The lowest BCUT2D eigenvalue weighted by molar-refractivity contribution is 0.120. The lowest BCUT2D eigenvalue weighted by atomic mass is 9.82. The van der Waals surface area contributed by atoms with Gasteiger partial charge in [-0.25, -0.2) is 9.48 Å². The molecule has 0 N–H and O–H groups in total. The van der Waals surface area contributed by atoms with E-state index in [0.29, 0.717) is 5.75 Å². The Kier molecular flexibility index (Phi) is 5.72. The predicted molar refractivity (Wildman–Crippen MR) is 170 cm³/mol. The summed E-state index contributed by atoms with van der Waals surface area (Å²) in [7, 11) is 1.34. The van der Waals surface area contributed by atoms with Crippen molar-refractivity contribution < 1.29 is 14.3 Å². The first-order chi connectivity index (χ1) is 20.6. The summed E-state index contributed by atoms with van der Waals surface area (Å²) in [5, 5.41) is 12.5. The van der Waals surface area contributed by atoms with Crippen LogP contribution in [0, 0.1) is 0 Å². The number of para-hydroxylation sites is 1. The molecule has 204 valence electrons. The maximum absolute atomic E-state index is 12.5. The molecule has 0 bridgehead atoms. The summed E-state index contributed by atoms with van der Waals surface area (Å²) in [4.78, 5) is 13.4. The molecule has 1 aliphatic carbocycles. The predicted octanol–water partition coefficient (Wildman–Crippen LogP) is 9.07. The number of aromatic nitrogens is 2. The van der Waals surface area contributed by atoms with Gasteiger partial charge in [0, 0.05) is 17.3 Å². The Morgan fingerprint density at radius 2 is 1.55 bits per heavy atom. The molecule has 0 aliphatic heterocycles. The van der Waals surface area contributed by atoms with Gasteiger partial charge in [0.15, 0.2) is 5.75 Å². The number of fused-ring (bicyclic) bond motifs is 3. The van der Waals surface area contributed by atoms with E-state index in [-0.39, 0.29) is 0 Å². The Morgan fingerprint density at radius 3 is 2.31 bits per heavy atom. The number of carbonyl (C=O) groups excluding carboxylic acids is 1. The molecule has 0 radical (unpaired) electrons. The first-order valence-corrected chi connectivity index (χ1v) is 15.2. The van der Waals surface area contributed by atoms with Crippen LogP contribution in [-0.2, 0) is 17.6 Å². The molecule has 6 aromatic carbocycles. The van der Waals surface area contributed by atoms with Crippen LogP contribution in [0.15, 0.2) is 102 Å². The number of aryl methyl sites for hydroxylation is 1. The summed E-state index contributed by atoms with van der Waals surface area (Å²) >= 11 is 1.56. The summed E-state index contributed by atoms with van der Waals surface area (Å²) in [6.07, 6.45) is 4.90. The highest BCUT2D eigenvalue weighted by molar-refractivity contribution is 7.98. The molecule has 6 heteroatoms. The maximum atomic E-state index is 12.5. The SMILES string of the molecule is COC(=O)Oc1c(SC)cc(-c2ccc3ccc4cccc5ccc2c3c45)c2c1-c1cn(-c3ccccc3)nc1CC2. The van der Waals surface area contributed by atoms with Crippen LogP contribution in [0.2, 0.25) is 0 Å². The summed E-state index contributed by atoms with van der Waals surface area (Å²) in [5.74, 6) is 0.527. The fourth-order valence-corrected chi connectivity index (χ4v) is 7.14. The van der Waals surface area contributed by atoms with Gasteiger partial charge in [0.1, 0.15) is 0 Å². The number of hydrogen-bond acceptors (Lipinski definition) is 5. The fourth-order valence-electron chi connectivity index (χ4n) is 6.57. The van der Waals surface area contributed by atoms with Crippen molar-refractivity contribution in [2.45, 2.75) is 17.7 Å². The zero-order valence-electron chi connectivity index (χ0n) is 23.2. The first kappa shape index (κ1) is 24.9. The summed E-state index contributed by atoms with van der Waals surface area (Å²) < 4.78 is 12.8. The molecule has 0 spiro atoms. The van der Waals surface area contributed by atoms with Crippen molar-refractivity contribution in [1.82, 2.24) is 9.78 Å². The number of ether oxygens (including phenoxy) is 2. The van der Waals surface area contributed by atoms with Crippen molar-refractivity contribution in [1.29, 1.82) is 0 Å². The van der Waals surface area contributed by atoms with E-state index in [0.717, 1.165) is 51.4 Å². The molecule has 42 heavy (non-hydrogen) atoms. The molecule has 1 aliphatic rings. The number of thioether (sulfide) groups is 1. The van der Waals surface area contributed by atoms with Gasteiger partial charge in [-0.3, -0.25) is 0 Å². The minimum Gasteiger partial charge on any atom is -0.437 e. The monoisotopic (exact) mass is 566 g/mol. The number of rotatable bonds is 4. The Hall–Kier alpha value is -4.81. The Balaban J connectivity index is 1.43. The third-order valence-corrected chi connectivity index (χ3v) is 9.18. The third kappa shape index (κ3) is 3.72. The number of methoxy groups -OCH3 is 1. The number of benzene rings is 6. The van der Waals surface area contributed by atoms with Crippen molar-refractivity contribution in [3.05, 3.63) is 108 Å². The molecular weight excluding hydrogens is 540 g/mol. The van der Waals surface area contributed by atoms with Crippen molar-refractivity contribution in [2.24, 2.45) is 0 Å². The molecule has 0 amide bonds. The van der Waals surface area contributed by atoms with Gasteiger partial charge in [0.25, 0.3) is 0 Å². The third-order valence-electron chi connectivity index (χ3n) is 8.44. The Labute approximate surface area is 247 Å². The van der Waals surface area contributed by atoms with Crippen molar-refractivity contribution in [3.63, 3.8) is 0 Å². The van der Waals surface area contributed by atoms with E-state index < -0.39 is 6.16 Å². The van der Waals surface area contributed by atoms with Crippen LogP contribution in [0.1, 0.15) is 11.3 Å². The van der Waals surface area contributed by atoms with Crippen LogP contribution in [0.25, 0.3) is 60.3 Å². The quantitative estimate of drug-likeness (QED) is 0.0921. The smallest absolute Gasteiger partial charge is 0.437 e. The van der Waals surface area contributed by atoms with Gasteiger partial charge in [-0.05, 0) is 86.3 Å². The second kappa shape index (κ2) is 9.64. The van der Waals surface area contributed by atoms with Gasteiger partial charge >= 0.3 is 6.16 Å². The molecular formula is C36H26N2O3S. The molecule has 0 saturated carbocycles. The van der Waals surface area contributed by atoms with E-state index in [9.17, 15) is 4.79 Å². The molecule has 1 heterocycles. The molecule has 0 saturated heterocycles. The highest BCUT2D eigenvalue weighted by Gasteiger charge is 2.30. The zero-order chi connectivity index (χ0) is 28.4. The van der Waals surface area contributed by atoms with Gasteiger partial charge in [-0.1, -0.05) is 72.8 Å². The lowest BCUT2D eigenvalue weighted by Gasteiger charge is -2.25. The largest absolute Gasteiger partial charge is 0.513 e. The zero-order valence-corrected chi connectivity index (χ0v) is 24.0. The van der Waals surface area contributed by atoms with Crippen LogP contribution in [-0.4, -0.2) is 29.3 Å². The normalized spacial score (nSPS) is 12.5.